The van der Waals surface area contributed by atoms with Gasteiger partial charge in [-0.1, -0.05) is 6.08 Å². The van der Waals surface area contributed by atoms with Gasteiger partial charge in [0.25, 0.3) is 0 Å². The van der Waals surface area contributed by atoms with Crippen molar-refractivity contribution >= 4 is 17.6 Å². The molecule has 0 aliphatic heterocycles. The summed E-state index contributed by atoms with van der Waals surface area (Å²) >= 11 is 0. The van der Waals surface area contributed by atoms with E-state index in [9.17, 15) is 23.1 Å². The van der Waals surface area contributed by atoms with Gasteiger partial charge in [0, 0.05) is 36.1 Å². The van der Waals surface area contributed by atoms with Crippen molar-refractivity contribution in [1.29, 1.82) is 0 Å². The van der Waals surface area contributed by atoms with Crippen molar-refractivity contribution in [1.82, 2.24) is 25.4 Å². The van der Waals surface area contributed by atoms with Crippen molar-refractivity contribution in [2.24, 2.45) is 0 Å². The van der Waals surface area contributed by atoms with E-state index >= 15 is 0 Å². The zero-order chi connectivity index (χ0) is 25.4. The lowest BCUT2D eigenvalue weighted by Gasteiger charge is -2.11. The van der Waals surface area contributed by atoms with Crippen LogP contribution in [0.4, 0.5) is 13.2 Å². The molecule has 1 aliphatic carbocycles. The van der Waals surface area contributed by atoms with Crippen LogP contribution in [0, 0.1) is 6.92 Å². The quantitative estimate of drug-likeness (QED) is 0.254. The molecule has 2 aromatic rings. The van der Waals surface area contributed by atoms with Crippen molar-refractivity contribution in [2.45, 2.75) is 45.6 Å². The molecular formula is C24H28F3N5O3. The first kappa shape index (κ1) is 26.2. The number of halogens is 3. The average molecular weight is 492 g/mol. The Balaban J connectivity index is 1.62. The van der Waals surface area contributed by atoms with Crippen LogP contribution in [-0.2, 0) is 11.3 Å². The van der Waals surface area contributed by atoms with Gasteiger partial charge >= 0.3 is 6.18 Å². The monoisotopic (exact) mass is 491 g/mol. The minimum Gasteiger partial charge on any atom is -0.468 e. The number of nitrogens with one attached hydrogen (secondary N) is 2. The third kappa shape index (κ3) is 8.40. The van der Waals surface area contributed by atoms with Gasteiger partial charge in [0.2, 0.25) is 11.8 Å². The number of aliphatic hydroxyl groups is 1. The number of aryl methyl sites for hydroxylation is 1. The second-order valence-corrected chi connectivity index (χ2v) is 8.18. The smallest absolute Gasteiger partial charge is 0.422 e. The third-order valence-electron chi connectivity index (χ3n) is 5.01. The number of alkyl halides is 3. The highest BCUT2D eigenvalue weighted by Crippen LogP contribution is 2.26. The minimum atomic E-state index is -4.43. The van der Waals surface area contributed by atoms with Crippen molar-refractivity contribution in [2.75, 3.05) is 19.7 Å². The Hall–Kier alpha value is -3.40. The number of aromatic nitrogens is 3. The lowest BCUT2D eigenvalue weighted by Crippen LogP contribution is -2.30. The van der Waals surface area contributed by atoms with E-state index in [1.54, 1.807) is 36.7 Å². The van der Waals surface area contributed by atoms with Crippen LogP contribution in [0.2, 0.25) is 0 Å². The lowest BCUT2D eigenvalue weighted by atomic mass is 10.0. The predicted molar refractivity (Wildman–Crippen MR) is 124 cm³/mol. The van der Waals surface area contributed by atoms with Crippen LogP contribution in [0.5, 0.6) is 5.88 Å². The maximum Gasteiger partial charge on any atom is 0.422 e. The summed E-state index contributed by atoms with van der Waals surface area (Å²) in [6.45, 7) is 3.29. The fraction of sp³-hybridized carbons (Fsp3) is 0.417. The van der Waals surface area contributed by atoms with Crippen molar-refractivity contribution in [3.05, 3.63) is 58.7 Å². The first-order valence-corrected chi connectivity index (χ1v) is 11.1. The maximum atomic E-state index is 12.4. The molecule has 0 radical (unpaired) electrons. The number of nitrogens with zero attached hydrogens (tertiary/aromatic N) is 3. The molecule has 11 heteroatoms. The topological polar surface area (TPSA) is 101 Å². The molecule has 0 spiro atoms. The van der Waals surface area contributed by atoms with Gasteiger partial charge in [-0.05, 0) is 50.1 Å². The molecule has 3 N–H and O–H groups in total. The largest absolute Gasteiger partial charge is 0.468 e. The van der Waals surface area contributed by atoms with E-state index < -0.39 is 19.0 Å². The SMILES string of the molecule is Cc1cc(Cn2cc3c(n2)C=C=CC=C3CC(=O)NCCCNC(C)O)cnc1OCC(F)(F)F. The molecule has 1 atom stereocenters. The number of carbonyl (C=O) groups is 1. The molecule has 3 rings (SSSR count). The number of fused-ring (bicyclic) bond motifs is 1. The third-order valence-corrected chi connectivity index (χ3v) is 5.01. The van der Waals surface area contributed by atoms with Crippen LogP contribution in [0.15, 0.2) is 36.3 Å². The number of amides is 1. The Morgan fingerprint density at radius 1 is 1.34 bits per heavy atom. The van der Waals surface area contributed by atoms with E-state index in [1.165, 1.54) is 6.20 Å². The van der Waals surface area contributed by atoms with Crippen LogP contribution in [0.3, 0.4) is 0 Å². The molecule has 0 bridgehead atoms. The van der Waals surface area contributed by atoms with Gasteiger partial charge in [0.1, 0.15) is 11.9 Å². The first-order valence-electron chi connectivity index (χ1n) is 11.1. The predicted octanol–water partition coefficient (Wildman–Crippen LogP) is 2.97. The second-order valence-electron chi connectivity index (χ2n) is 8.18. The van der Waals surface area contributed by atoms with Gasteiger partial charge < -0.3 is 15.2 Å². The average Bonchev–Trinajstić information content (AvgIpc) is 3.07. The number of allylic oxidation sites excluding steroid dienone is 2. The Morgan fingerprint density at radius 2 is 2.14 bits per heavy atom. The number of hydrogen-bond acceptors (Lipinski definition) is 6. The maximum absolute atomic E-state index is 12.4. The second kappa shape index (κ2) is 11.8. The molecule has 8 nitrogen and oxygen atoms in total. The number of pyridine rings is 1. The summed E-state index contributed by atoms with van der Waals surface area (Å²) in [4.78, 5) is 16.4. The highest BCUT2D eigenvalue weighted by molar-refractivity contribution is 5.90. The molecule has 1 aliphatic rings. The first-order chi connectivity index (χ1) is 16.6. The molecule has 35 heavy (non-hydrogen) atoms. The normalized spacial score (nSPS) is 13.7. The molecular weight excluding hydrogens is 463 g/mol. The number of hydrogen-bond donors (Lipinski definition) is 3. The molecule has 1 amide bonds. The van der Waals surface area contributed by atoms with Crippen molar-refractivity contribution < 1.29 is 27.8 Å². The lowest BCUT2D eigenvalue weighted by molar-refractivity contribution is -0.154. The molecule has 2 aromatic heterocycles. The highest BCUT2D eigenvalue weighted by Gasteiger charge is 2.29. The van der Waals surface area contributed by atoms with Crippen LogP contribution in [0.1, 0.15) is 42.1 Å². The molecule has 0 saturated heterocycles. The van der Waals surface area contributed by atoms with Crippen LogP contribution < -0.4 is 15.4 Å². The Morgan fingerprint density at radius 3 is 2.86 bits per heavy atom. The molecule has 2 heterocycles. The van der Waals surface area contributed by atoms with Crippen molar-refractivity contribution in [3.8, 4) is 5.88 Å². The Labute approximate surface area is 201 Å². The molecule has 0 saturated carbocycles. The van der Waals surface area contributed by atoms with E-state index in [1.807, 2.05) is 12.3 Å². The van der Waals surface area contributed by atoms with Gasteiger partial charge in [-0.15, -0.1) is 5.73 Å². The summed E-state index contributed by atoms with van der Waals surface area (Å²) in [6.07, 6.45) is 4.40. The van der Waals surface area contributed by atoms with E-state index in [-0.39, 0.29) is 18.2 Å². The van der Waals surface area contributed by atoms with Crippen LogP contribution in [-0.4, -0.2) is 57.9 Å². The van der Waals surface area contributed by atoms with E-state index in [0.717, 1.165) is 16.7 Å². The fourth-order valence-corrected chi connectivity index (χ4v) is 3.45. The number of carbonyl (C=O) groups excluding carboxylic acids is 1. The summed E-state index contributed by atoms with van der Waals surface area (Å²) < 4.78 is 43.6. The highest BCUT2D eigenvalue weighted by atomic mass is 19.4. The summed E-state index contributed by atoms with van der Waals surface area (Å²) in [6, 6.07) is 1.71. The number of aliphatic hydroxyl groups excluding tert-OH is 1. The summed E-state index contributed by atoms with van der Waals surface area (Å²) in [5.74, 6) is -0.190. The van der Waals surface area contributed by atoms with Gasteiger partial charge in [-0.25, -0.2) is 4.98 Å². The van der Waals surface area contributed by atoms with Gasteiger partial charge in [-0.2, -0.15) is 18.3 Å². The fourth-order valence-electron chi connectivity index (χ4n) is 3.45. The van der Waals surface area contributed by atoms with Crippen LogP contribution in [0.25, 0.3) is 11.6 Å². The zero-order valence-electron chi connectivity index (χ0n) is 19.5. The Bertz CT molecular complexity index is 1130. The molecule has 188 valence electrons. The minimum absolute atomic E-state index is 0.0618. The van der Waals surface area contributed by atoms with Gasteiger partial charge in [0.05, 0.1) is 13.0 Å². The van der Waals surface area contributed by atoms with E-state index in [4.69, 9.17) is 4.74 Å². The summed E-state index contributed by atoms with van der Waals surface area (Å²) in [7, 11) is 0. The van der Waals surface area contributed by atoms with Gasteiger partial charge in [0.15, 0.2) is 6.61 Å². The number of rotatable bonds is 11. The van der Waals surface area contributed by atoms with Crippen LogP contribution >= 0.6 is 0 Å². The summed E-state index contributed by atoms with van der Waals surface area (Å²) in [5.41, 5.74) is 6.49. The molecule has 0 fully saturated rings. The van der Waals surface area contributed by atoms with E-state index in [0.29, 0.717) is 37.3 Å². The Kier molecular flexibility index (Phi) is 8.86. The number of ether oxygens (including phenoxy) is 1. The summed E-state index contributed by atoms with van der Waals surface area (Å²) in [5, 5.41) is 19.5. The van der Waals surface area contributed by atoms with Crippen molar-refractivity contribution in [3.63, 3.8) is 0 Å². The zero-order valence-corrected chi connectivity index (χ0v) is 19.5. The van der Waals surface area contributed by atoms with Gasteiger partial charge in [-0.3, -0.25) is 14.8 Å². The van der Waals surface area contributed by atoms with E-state index in [2.05, 4.69) is 26.4 Å². The standard InChI is InChI=1S/C24H28F3N5O3/c1-16-10-18(12-30-23(16)35-15-24(25,26)27)13-32-14-20-19(6-3-4-7-21(20)31-32)11-22(34)29-9-5-8-28-17(2)33/h3,6-7,10,12,14,17,28,33H,5,8-9,11,13,15H2,1-2H3,(H,29,34). The molecule has 0 aromatic carbocycles. The molecule has 1 unspecified atom stereocenters.